The van der Waals surface area contributed by atoms with Gasteiger partial charge in [-0.25, -0.2) is 8.42 Å². The third kappa shape index (κ3) is 3.57. The molecule has 3 aromatic rings. The highest BCUT2D eigenvalue weighted by Crippen LogP contribution is 2.38. The lowest BCUT2D eigenvalue weighted by molar-refractivity contribution is 0.340. The number of rotatable bonds is 5. The number of nitrogens with zero attached hydrogens (tertiary/aromatic N) is 2. The van der Waals surface area contributed by atoms with Crippen molar-refractivity contribution in [3.63, 3.8) is 0 Å². The Morgan fingerprint density at radius 3 is 2.48 bits per heavy atom. The molecule has 6 heteroatoms. The quantitative estimate of drug-likeness (QED) is 0.611. The molecule has 0 spiro atoms. The van der Waals surface area contributed by atoms with Crippen LogP contribution in [-0.4, -0.2) is 33.1 Å². The summed E-state index contributed by atoms with van der Waals surface area (Å²) in [4.78, 5) is 7.23. The molecule has 0 unspecified atom stereocenters. The Labute approximate surface area is 172 Å². The van der Waals surface area contributed by atoms with Gasteiger partial charge in [-0.2, -0.15) is 0 Å². The average Bonchev–Trinajstić information content (AvgIpc) is 3.23. The van der Waals surface area contributed by atoms with Crippen LogP contribution in [0.2, 0.25) is 0 Å². The summed E-state index contributed by atoms with van der Waals surface area (Å²) in [7, 11) is -3.71. The zero-order valence-electron chi connectivity index (χ0n) is 17.1. The van der Waals surface area contributed by atoms with E-state index in [1.807, 2.05) is 45.0 Å². The summed E-state index contributed by atoms with van der Waals surface area (Å²) in [5.74, 6) is 0.725. The van der Waals surface area contributed by atoms with E-state index in [9.17, 15) is 8.42 Å². The minimum absolute atomic E-state index is 0.267. The number of hydrogen-bond acceptors (Lipinski definition) is 5. The van der Waals surface area contributed by atoms with Crippen molar-refractivity contribution in [3.05, 3.63) is 53.7 Å². The summed E-state index contributed by atoms with van der Waals surface area (Å²) >= 11 is 0. The lowest BCUT2D eigenvalue weighted by Gasteiger charge is -2.23. The lowest BCUT2D eigenvalue weighted by atomic mass is 10.1. The van der Waals surface area contributed by atoms with Crippen molar-refractivity contribution in [1.29, 1.82) is 0 Å². The topological polar surface area (TPSA) is 59.5 Å². The average molecular weight is 411 g/mol. The van der Waals surface area contributed by atoms with Gasteiger partial charge in [0.05, 0.1) is 22.7 Å². The standard InChI is InChI=1S/C23H26N2O3S/c1-4-28-18-8-10-21-20(14-18)23(25-11-5-6-12-25)22(15-24-21)29(26,27)19-9-7-16(2)17(3)13-19/h7-10,13-15H,4-6,11-12H2,1-3H3. The normalized spacial score (nSPS) is 14.5. The summed E-state index contributed by atoms with van der Waals surface area (Å²) in [6.07, 6.45) is 3.62. The largest absolute Gasteiger partial charge is 0.494 e. The zero-order valence-corrected chi connectivity index (χ0v) is 17.9. The zero-order chi connectivity index (χ0) is 20.6. The van der Waals surface area contributed by atoms with E-state index in [1.54, 1.807) is 12.1 Å². The maximum absolute atomic E-state index is 13.6. The number of ether oxygens (including phenoxy) is 1. The minimum atomic E-state index is -3.71. The number of aromatic nitrogens is 1. The van der Waals surface area contributed by atoms with Crippen molar-refractivity contribution >= 4 is 26.4 Å². The highest BCUT2D eigenvalue weighted by Gasteiger charge is 2.28. The molecular weight excluding hydrogens is 384 g/mol. The number of sulfone groups is 1. The molecule has 1 aliphatic heterocycles. The van der Waals surface area contributed by atoms with E-state index in [2.05, 4.69) is 9.88 Å². The third-order valence-corrected chi connectivity index (χ3v) is 7.34. The van der Waals surface area contributed by atoms with Crippen LogP contribution in [0, 0.1) is 13.8 Å². The van der Waals surface area contributed by atoms with Crippen molar-refractivity contribution < 1.29 is 13.2 Å². The molecule has 0 bridgehead atoms. The fourth-order valence-electron chi connectivity index (χ4n) is 3.87. The summed E-state index contributed by atoms with van der Waals surface area (Å²) in [5.41, 5.74) is 3.55. The number of benzene rings is 2. The number of hydrogen-bond donors (Lipinski definition) is 0. The molecule has 0 N–H and O–H groups in total. The van der Waals surface area contributed by atoms with Crippen LogP contribution in [0.5, 0.6) is 5.75 Å². The number of pyridine rings is 1. The van der Waals surface area contributed by atoms with Gasteiger partial charge < -0.3 is 9.64 Å². The van der Waals surface area contributed by atoms with Gasteiger partial charge in [0, 0.05) is 24.7 Å². The highest BCUT2D eigenvalue weighted by atomic mass is 32.2. The van der Waals surface area contributed by atoms with Gasteiger partial charge in [0.15, 0.2) is 0 Å². The van der Waals surface area contributed by atoms with Gasteiger partial charge in [-0.3, -0.25) is 4.98 Å². The minimum Gasteiger partial charge on any atom is -0.494 e. The second kappa shape index (κ2) is 7.67. The molecule has 2 heterocycles. The van der Waals surface area contributed by atoms with Gasteiger partial charge in [-0.15, -0.1) is 0 Å². The third-order valence-electron chi connectivity index (χ3n) is 5.59. The van der Waals surface area contributed by atoms with Crippen LogP contribution in [0.3, 0.4) is 0 Å². The van der Waals surface area contributed by atoms with Crippen molar-refractivity contribution in [1.82, 2.24) is 4.98 Å². The van der Waals surface area contributed by atoms with Gasteiger partial charge in [0.2, 0.25) is 9.84 Å². The molecule has 2 aromatic carbocycles. The Morgan fingerprint density at radius 2 is 1.79 bits per heavy atom. The maximum Gasteiger partial charge on any atom is 0.210 e. The first-order valence-electron chi connectivity index (χ1n) is 10.0. The molecule has 1 aliphatic rings. The maximum atomic E-state index is 13.6. The summed E-state index contributed by atoms with van der Waals surface area (Å²) in [6, 6.07) is 11.0. The molecule has 0 radical (unpaired) electrons. The second-order valence-electron chi connectivity index (χ2n) is 7.53. The smallest absolute Gasteiger partial charge is 0.210 e. The second-order valence-corrected chi connectivity index (χ2v) is 9.44. The first-order valence-corrected chi connectivity index (χ1v) is 11.5. The van der Waals surface area contributed by atoms with Crippen LogP contribution >= 0.6 is 0 Å². The Hall–Kier alpha value is -2.60. The predicted molar refractivity (Wildman–Crippen MR) is 116 cm³/mol. The first-order chi connectivity index (χ1) is 13.9. The van der Waals surface area contributed by atoms with Gasteiger partial charge in [0.25, 0.3) is 0 Å². The molecule has 1 saturated heterocycles. The molecule has 0 atom stereocenters. The molecule has 0 amide bonds. The van der Waals surface area contributed by atoms with Crippen LogP contribution in [0.15, 0.2) is 52.4 Å². The van der Waals surface area contributed by atoms with Gasteiger partial charge >= 0.3 is 0 Å². The molecule has 1 aromatic heterocycles. The van der Waals surface area contributed by atoms with E-state index >= 15 is 0 Å². The van der Waals surface area contributed by atoms with E-state index in [0.29, 0.717) is 11.5 Å². The van der Waals surface area contributed by atoms with Crippen molar-refractivity contribution in [2.45, 2.75) is 43.4 Å². The monoisotopic (exact) mass is 410 g/mol. The highest BCUT2D eigenvalue weighted by molar-refractivity contribution is 7.91. The van der Waals surface area contributed by atoms with Crippen molar-refractivity contribution in [2.24, 2.45) is 0 Å². The molecule has 152 valence electrons. The fraction of sp³-hybridized carbons (Fsp3) is 0.348. The van der Waals surface area contributed by atoms with E-state index < -0.39 is 9.84 Å². The van der Waals surface area contributed by atoms with Crippen LogP contribution in [0.1, 0.15) is 30.9 Å². The van der Waals surface area contributed by atoms with Crippen molar-refractivity contribution in [2.75, 3.05) is 24.6 Å². The van der Waals surface area contributed by atoms with E-state index in [-0.39, 0.29) is 4.90 Å². The van der Waals surface area contributed by atoms with Crippen LogP contribution in [-0.2, 0) is 9.84 Å². The Kier molecular flexibility index (Phi) is 5.21. The Morgan fingerprint density at radius 1 is 1.03 bits per heavy atom. The molecule has 5 nitrogen and oxygen atoms in total. The first kappa shape index (κ1) is 19.7. The number of aryl methyl sites for hydroxylation is 2. The van der Waals surface area contributed by atoms with Crippen LogP contribution in [0.4, 0.5) is 5.69 Å². The van der Waals surface area contributed by atoms with Crippen molar-refractivity contribution in [3.8, 4) is 5.75 Å². The fourth-order valence-corrected chi connectivity index (χ4v) is 5.39. The molecule has 1 fully saturated rings. The lowest BCUT2D eigenvalue weighted by Crippen LogP contribution is -2.21. The van der Waals surface area contributed by atoms with Crippen LogP contribution < -0.4 is 9.64 Å². The van der Waals surface area contributed by atoms with Gasteiger partial charge in [0.1, 0.15) is 10.6 Å². The molecule has 29 heavy (non-hydrogen) atoms. The van der Waals surface area contributed by atoms with E-state index in [1.165, 1.54) is 6.20 Å². The van der Waals surface area contributed by atoms with Gasteiger partial charge in [-0.1, -0.05) is 6.07 Å². The molecule has 4 rings (SSSR count). The summed E-state index contributed by atoms with van der Waals surface area (Å²) < 4.78 is 32.9. The van der Waals surface area contributed by atoms with Crippen LogP contribution in [0.25, 0.3) is 10.9 Å². The van der Waals surface area contributed by atoms with Gasteiger partial charge in [-0.05, 0) is 75.1 Å². The van der Waals surface area contributed by atoms with E-state index in [0.717, 1.165) is 59.4 Å². The molecular formula is C23H26N2O3S. The Balaban J connectivity index is 1.97. The molecule has 0 aliphatic carbocycles. The number of anilines is 1. The summed E-state index contributed by atoms with van der Waals surface area (Å²) in [6.45, 7) is 8.08. The van der Waals surface area contributed by atoms with E-state index in [4.69, 9.17) is 4.74 Å². The Bertz CT molecular complexity index is 1170. The summed E-state index contributed by atoms with van der Waals surface area (Å²) in [5, 5.41) is 0.822. The predicted octanol–water partition coefficient (Wildman–Crippen LogP) is 4.68. The SMILES string of the molecule is CCOc1ccc2ncc(S(=O)(=O)c3ccc(C)c(C)c3)c(N3CCCC3)c2c1. The number of fused-ring (bicyclic) bond motifs is 1. The molecule has 0 saturated carbocycles.